The van der Waals surface area contributed by atoms with Gasteiger partial charge in [0.05, 0.1) is 0 Å². The SMILES string of the molecule is [PbH2].c1ccc2c(c1)-c1nc-2nc2[nH]c(nc3nc(nc4[nH]c(n1)c1ccccc41)-c1ccccc1-3)c1ccccc21. The maximum Gasteiger partial charge on any atom is 0.164 e. The first-order valence-electron chi connectivity index (χ1n) is 13.0. The van der Waals surface area contributed by atoms with E-state index in [0.29, 0.717) is 45.9 Å². The minimum Gasteiger partial charge on any atom is -0.324 e. The first-order chi connectivity index (χ1) is 19.8. The number of nitrogens with one attached hydrogen (secondary N) is 2. The van der Waals surface area contributed by atoms with E-state index in [1.165, 1.54) is 0 Å². The second-order valence-electron chi connectivity index (χ2n) is 9.79. The van der Waals surface area contributed by atoms with Crippen molar-refractivity contribution in [2.45, 2.75) is 0 Å². The molecule has 0 amide bonds. The summed E-state index contributed by atoms with van der Waals surface area (Å²) in [5.41, 5.74) is 6.45. The number of hydrogen-bond donors (Lipinski definition) is 2. The molecule has 4 aromatic carbocycles. The zero-order valence-electron chi connectivity index (χ0n) is 21.6. The van der Waals surface area contributed by atoms with Crippen LogP contribution >= 0.6 is 0 Å². The number of nitrogens with zero attached hydrogens (tertiary/aromatic N) is 6. The van der Waals surface area contributed by atoms with Crippen LogP contribution in [0.25, 0.3) is 89.7 Å². The molecule has 2 aliphatic heterocycles. The van der Waals surface area contributed by atoms with Crippen LogP contribution in [0, 0.1) is 0 Å². The molecule has 0 saturated carbocycles. The van der Waals surface area contributed by atoms with E-state index < -0.39 is 0 Å². The molecular weight excluding hydrogens is 704 g/mol. The van der Waals surface area contributed by atoms with Crippen LogP contribution < -0.4 is 0 Å². The number of benzene rings is 4. The summed E-state index contributed by atoms with van der Waals surface area (Å²) in [6.45, 7) is 0. The quantitative estimate of drug-likeness (QED) is 0.187. The molecule has 7 aromatic rings. The van der Waals surface area contributed by atoms with Gasteiger partial charge in [-0.15, -0.1) is 0 Å². The molecule has 192 valence electrons. The van der Waals surface area contributed by atoms with Gasteiger partial charge in [-0.3, -0.25) is 0 Å². The van der Waals surface area contributed by atoms with Crippen LogP contribution in [0.1, 0.15) is 0 Å². The van der Waals surface area contributed by atoms with Crippen LogP contribution in [0.2, 0.25) is 0 Å². The zero-order chi connectivity index (χ0) is 26.2. The molecule has 2 radical (unpaired) electrons. The Bertz CT molecular complexity index is 2030. The van der Waals surface area contributed by atoms with Crippen molar-refractivity contribution in [1.29, 1.82) is 0 Å². The molecule has 0 aliphatic carbocycles. The summed E-state index contributed by atoms with van der Waals surface area (Å²) in [4.78, 5) is 36.8. The predicted octanol–water partition coefficient (Wildman–Crippen LogP) is 5.95. The van der Waals surface area contributed by atoms with Gasteiger partial charge in [0, 0.05) is 43.8 Å². The Hall–Kier alpha value is -4.84. The van der Waals surface area contributed by atoms with Gasteiger partial charge in [0.25, 0.3) is 0 Å². The monoisotopic (exact) mass is 724 g/mol. The summed E-state index contributed by atoms with van der Waals surface area (Å²) in [6, 6.07) is 32.2. The van der Waals surface area contributed by atoms with Crippen LogP contribution in [-0.2, 0) is 0 Å². The fraction of sp³-hybridized carbons (Fsp3) is 0. The Morgan fingerprint density at radius 3 is 0.829 bits per heavy atom. The van der Waals surface area contributed by atoms with E-state index >= 15 is 0 Å². The number of aromatic amines is 2. The fourth-order valence-electron chi connectivity index (χ4n) is 5.59. The summed E-state index contributed by atoms with van der Waals surface area (Å²) in [6.07, 6.45) is 0. The predicted molar refractivity (Wildman–Crippen MR) is 165 cm³/mol. The van der Waals surface area contributed by atoms with Gasteiger partial charge < -0.3 is 9.97 Å². The van der Waals surface area contributed by atoms with Gasteiger partial charge in [0.15, 0.2) is 23.3 Å². The van der Waals surface area contributed by atoms with Crippen molar-refractivity contribution in [3.05, 3.63) is 97.1 Å². The van der Waals surface area contributed by atoms with Crippen LogP contribution in [0.3, 0.4) is 0 Å². The molecule has 41 heavy (non-hydrogen) atoms. The molecule has 8 nitrogen and oxygen atoms in total. The van der Waals surface area contributed by atoms with Gasteiger partial charge in [-0.1, -0.05) is 97.1 Å². The third-order valence-electron chi connectivity index (χ3n) is 7.46. The maximum atomic E-state index is 5.02. The van der Waals surface area contributed by atoms with Gasteiger partial charge >= 0.3 is 27.3 Å². The van der Waals surface area contributed by atoms with Crippen molar-refractivity contribution in [3.63, 3.8) is 0 Å². The summed E-state index contributed by atoms with van der Waals surface area (Å²) in [5.74, 6) is 2.39. The average Bonchev–Trinajstić information content (AvgIpc) is 3.73. The van der Waals surface area contributed by atoms with Crippen molar-refractivity contribution in [1.82, 2.24) is 39.9 Å². The summed E-state index contributed by atoms with van der Waals surface area (Å²) >= 11 is 0. The molecule has 3 aromatic heterocycles. The van der Waals surface area contributed by atoms with E-state index in [4.69, 9.17) is 29.9 Å². The molecule has 0 spiro atoms. The standard InChI is InChI=1S/C32H18N8.Pb.2H/c1-2-10-18-17(9-1)25-33-26(18)38-28-21-13-5-6-14-22(21)30(35-28)40-32-24-16-8-7-15-23(24)31(36-32)39-29-20-12-4-3-11-19(20)27(34-29)37-25;;;/h1-16H,(H2,33,34,35,36,37,38,39,40);;;. The molecule has 2 aliphatic rings. The minimum absolute atomic E-state index is 0. The molecular formula is C32H20N8Pb. The van der Waals surface area contributed by atoms with E-state index in [2.05, 4.69) is 9.97 Å². The zero-order valence-corrected chi connectivity index (χ0v) is 27.1. The maximum absolute atomic E-state index is 5.02. The Kier molecular flexibility index (Phi) is 5.33. The minimum atomic E-state index is 0. The summed E-state index contributed by atoms with van der Waals surface area (Å²) < 4.78 is 0. The van der Waals surface area contributed by atoms with Crippen LogP contribution in [-0.4, -0.2) is 67.2 Å². The Morgan fingerprint density at radius 2 is 0.561 bits per heavy atom. The van der Waals surface area contributed by atoms with Crippen LogP contribution in [0.4, 0.5) is 0 Å². The van der Waals surface area contributed by atoms with Crippen LogP contribution in [0.5, 0.6) is 0 Å². The molecule has 5 heterocycles. The summed E-state index contributed by atoms with van der Waals surface area (Å²) in [7, 11) is 0. The molecule has 9 heteroatoms. The van der Waals surface area contributed by atoms with Crippen molar-refractivity contribution < 1.29 is 0 Å². The second-order valence-corrected chi connectivity index (χ2v) is 9.79. The van der Waals surface area contributed by atoms with Gasteiger partial charge in [0.1, 0.15) is 22.6 Å². The second kappa shape index (κ2) is 9.10. The van der Waals surface area contributed by atoms with E-state index in [1.54, 1.807) is 0 Å². The van der Waals surface area contributed by atoms with Crippen molar-refractivity contribution in [2.24, 2.45) is 0 Å². The fourth-order valence-corrected chi connectivity index (χ4v) is 5.59. The molecule has 0 unspecified atom stereocenters. The van der Waals surface area contributed by atoms with E-state index in [9.17, 15) is 0 Å². The van der Waals surface area contributed by atoms with Gasteiger partial charge in [0.2, 0.25) is 0 Å². The Balaban J connectivity index is 0.00000256. The van der Waals surface area contributed by atoms with E-state index in [0.717, 1.165) is 43.8 Å². The number of rotatable bonds is 0. The normalized spacial score (nSPS) is 11.7. The first kappa shape index (κ1) is 24.0. The Labute approximate surface area is 252 Å². The smallest absolute Gasteiger partial charge is 0.164 e. The number of hydrogen-bond acceptors (Lipinski definition) is 6. The van der Waals surface area contributed by atoms with Gasteiger partial charge in [-0.25, -0.2) is 29.9 Å². The van der Waals surface area contributed by atoms with Gasteiger partial charge in [-0.2, -0.15) is 0 Å². The van der Waals surface area contributed by atoms with Crippen molar-refractivity contribution in [3.8, 4) is 45.6 Å². The molecule has 2 N–H and O–H groups in total. The topological polar surface area (TPSA) is 109 Å². The molecule has 8 bridgehead atoms. The average molecular weight is 724 g/mol. The largest absolute Gasteiger partial charge is 0.324 e. The van der Waals surface area contributed by atoms with Crippen molar-refractivity contribution in [2.75, 3.05) is 0 Å². The molecule has 9 rings (SSSR count). The molecule has 0 saturated heterocycles. The van der Waals surface area contributed by atoms with Crippen molar-refractivity contribution >= 4 is 71.4 Å². The molecule has 0 atom stereocenters. The Morgan fingerprint density at radius 1 is 0.317 bits per heavy atom. The third-order valence-corrected chi connectivity index (χ3v) is 7.46. The first-order valence-corrected chi connectivity index (χ1v) is 13.0. The summed E-state index contributed by atoms with van der Waals surface area (Å²) in [5, 5.41) is 3.82. The number of fused-ring (bicyclic) bond motifs is 20. The van der Waals surface area contributed by atoms with E-state index in [-0.39, 0.29) is 27.3 Å². The van der Waals surface area contributed by atoms with Gasteiger partial charge in [-0.05, 0) is 0 Å². The number of aromatic nitrogens is 8. The molecule has 0 fully saturated rings. The third kappa shape index (κ3) is 3.63. The van der Waals surface area contributed by atoms with Crippen LogP contribution in [0.15, 0.2) is 97.1 Å². The number of H-pyrrole nitrogens is 2. The van der Waals surface area contributed by atoms with E-state index in [1.807, 2.05) is 97.1 Å².